The summed E-state index contributed by atoms with van der Waals surface area (Å²) in [5.74, 6) is 8.94. The first-order chi connectivity index (χ1) is 69.5. The van der Waals surface area contributed by atoms with Crippen molar-refractivity contribution in [2.24, 2.45) is 5.84 Å². The minimum absolute atomic E-state index is 0.0612. The molecule has 13 N–H and O–H groups in total. The van der Waals surface area contributed by atoms with Gasteiger partial charge in [-0.1, -0.05) is 250 Å². The summed E-state index contributed by atoms with van der Waals surface area (Å²) in [6, 6.07) is 99.6. The number of urea groups is 1. The quantitative estimate of drug-likeness (QED) is 0.00866. The topological polar surface area (TPSA) is 333 Å². The molecule has 24 aromatic rings. The van der Waals surface area contributed by atoms with E-state index >= 15 is 0 Å². The number of nitrogen functional groups attached to an aromatic ring is 2. The van der Waals surface area contributed by atoms with Gasteiger partial charge in [-0.25, -0.2) is 43.0 Å². The van der Waals surface area contributed by atoms with E-state index in [1.807, 2.05) is 159 Å². The Balaban J connectivity index is 0.000000103. The highest BCUT2D eigenvalue weighted by Crippen LogP contribution is 2.46. The van der Waals surface area contributed by atoms with E-state index in [1.165, 1.54) is 45.1 Å². The molecular weight excluding hydrogens is 1940 g/mol. The molecule has 3 saturated heterocycles. The first kappa shape index (κ1) is 88.8. The van der Waals surface area contributed by atoms with Gasteiger partial charge in [-0.3, -0.25) is 19.6 Å². The van der Waals surface area contributed by atoms with Gasteiger partial charge >= 0.3 is 6.03 Å². The van der Waals surface area contributed by atoms with E-state index in [1.54, 1.807) is 35.0 Å². The van der Waals surface area contributed by atoms with E-state index in [0.717, 1.165) is 229 Å². The number of fused-ring (bicyclic) bond motifs is 23. The molecule has 8 aromatic heterocycles. The van der Waals surface area contributed by atoms with Crippen LogP contribution in [0.1, 0.15) is 65.7 Å². The smallest absolute Gasteiger partial charge is 0.315 e. The lowest BCUT2D eigenvalue weighted by molar-refractivity contribution is 0.0903. The lowest BCUT2D eigenvalue weighted by Gasteiger charge is -2.28. The second kappa shape index (κ2) is 36.7. The SMILES string of the molecule is Cc1ccc(S(=O)(=O)n2cc(-c3nc4c5ccccc5c5ccccc5c4[nH]3)c3cc(Br)ccc32)cc1.NNC(=O)c1ccc2c(-c3nc4c5ccccc5c5ccccc5c4[nH]3)c[nH]c2c1.Nc1ccc2c3ccccc3c3[nH]c(-c4cn(C(=O)CCCCC5SCC6NC(=O)NC65)c5ccc(Br)cc45)nc3c2c1.c1ccc(-c2nc(-c3c[nH]c4ccccc34)[nH]c2-c2ccc(N3CCCCC3)cc2)cc1. The number of benzene rings is 16. The zero-order valence-electron chi connectivity index (χ0n) is 76.8. The van der Waals surface area contributed by atoms with E-state index in [2.05, 4.69) is 234 Å². The Morgan fingerprint density at radius 1 is 0.465 bits per heavy atom. The van der Waals surface area contributed by atoms with Gasteiger partial charge in [0.05, 0.1) is 72.5 Å². The highest BCUT2D eigenvalue weighted by molar-refractivity contribution is 9.10. The highest BCUT2D eigenvalue weighted by atomic mass is 79.9. The Bertz CT molecular complexity index is 9150. The third kappa shape index (κ3) is 16.1. The van der Waals surface area contributed by atoms with E-state index in [0.29, 0.717) is 40.1 Å². The van der Waals surface area contributed by atoms with Crippen molar-refractivity contribution in [1.82, 2.24) is 74.4 Å². The highest BCUT2D eigenvalue weighted by Gasteiger charge is 2.43. The molecule has 698 valence electrons. The molecule has 3 fully saturated rings. The summed E-state index contributed by atoms with van der Waals surface area (Å²) in [6.07, 6.45) is 14.6. The summed E-state index contributed by atoms with van der Waals surface area (Å²) < 4.78 is 32.4. The van der Waals surface area contributed by atoms with E-state index in [4.69, 9.17) is 31.5 Å². The summed E-state index contributed by atoms with van der Waals surface area (Å²) in [5, 5.41) is 23.7. The first-order valence-electron chi connectivity index (χ1n) is 47.5. The van der Waals surface area contributed by atoms with Gasteiger partial charge in [-0.05, 0) is 162 Å². The van der Waals surface area contributed by atoms with Crippen molar-refractivity contribution in [3.63, 3.8) is 0 Å². The van der Waals surface area contributed by atoms with E-state index < -0.39 is 10.0 Å². The van der Waals surface area contributed by atoms with Crippen LogP contribution < -0.4 is 32.5 Å². The third-order valence-electron chi connectivity index (χ3n) is 28.0. The number of hydrazine groups is 1. The molecule has 142 heavy (non-hydrogen) atoms. The third-order valence-corrected chi connectivity index (χ3v) is 32.1. The summed E-state index contributed by atoms with van der Waals surface area (Å²) >= 11 is 9.10. The minimum Gasteiger partial charge on any atom is -0.399 e. The lowest BCUT2D eigenvalue weighted by atomic mass is 9.99. The molecule has 0 aliphatic carbocycles. The first-order valence-corrected chi connectivity index (χ1v) is 51.6. The number of hydrogen-bond donors (Lipinski definition) is 11. The maximum absolute atomic E-state index is 13.7. The number of rotatable bonds is 15. The number of para-hydroxylation sites is 1. The second-order valence-corrected chi connectivity index (χ2v) is 41.5. The van der Waals surface area contributed by atoms with Gasteiger partial charge in [0, 0.05) is 179 Å². The summed E-state index contributed by atoms with van der Waals surface area (Å²) in [4.78, 5) is 81.0. The number of aryl methyl sites for hydroxylation is 1. The van der Waals surface area contributed by atoms with Crippen LogP contribution in [0, 0.1) is 6.92 Å². The number of halogens is 2. The van der Waals surface area contributed by atoms with Crippen LogP contribution in [-0.4, -0.2) is 121 Å². The van der Waals surface area contributed by atoms with Crippen LogP contribution in [0.2, 0.25) is 0 Å². The zero-order chi connectivity index (χ0) is 96.1. The number of unbranched alkanes of at least 4 members (excludes halogenated alkanes) is 1. The molecule has 23 nitrogen and oxygen atoms in total. The number of hydrogen-bond acceptors (Lipinski definition) is 13. The molecule has 11 heterocycles. The fourth-order valence-electron chi connectivity index (χ4n) is 21.0. The monoisotopic (exact) mass is 2030 g/mol. The van der Waals surface area contributed by atoms with Gasteiger partial charge in [0.2, 0.25) is 5.91 Å². The number of nitrogens with two attached hydrogens (primary N) is 2. The van der Waals surface area contributed by atoms with Crippen LogP contribution in [0.4, 0.5) is 16.2 Å². The number of nitrogens with zero attached hydrogens (tertiary/aromatic N) is 7. The Labute approximate surface area is 834 Å². The fourth-order valence-corrected chi connectivity index (χ4v) is 24.6. The standard InChI is InChI=1S/C33H29BrN6O2S.C30H20BrN3O2S.C28H26N4.C24H17N5O/c34-17-9-12-26-22(13-17)24(15-40(26)28(41)8-4-3-7-27-31-25(16-43-27)36-33(42)39-31)32-37-29-21-6-2-1-5-19(21)20-11-10-18(35)14-23(20)30(29)38-32;1-18-10-13-20(14-11-18)37(35,36)34-17-26(25-16-19(31)12-15-27(25)34)30-32-28-23-8-4-2-6-21(23)22-7-3-5-9-24(22)29(28)33-30;1-3-9-20(10-4-1)26-27(21-13-15-22(16-14-21)32-17-7-2-8-18-32)31-28(30-26)24-19-29-25-12-6-5-11-23(24)25;25-29-24(30)13-9-10-16-19(12-26-20(16)11-13)23-27-21-17-7-3-1-5-14(17)15-6-2-4-8-18(15)22(21)28-23/h1-2,5-6,9-15,25,27,31H,3-4,7-8,16,35H2,(H,37,38)(H2,36,39,42);2-17H,1H3,(H,32,33);1,3-6,9-16,19,29H,2,7-8,17-18H2,(H,30,31);1-12,26H,25H2,(H,27,28)(H,29,30). The molecule has 0 spiro atoms. The number of H-pyrrole nitrogens is 6. The molecule has 3 amide bonds. The molecule has 0 saturated carbocycles. The molecule has 0 radical (unpaired) electrons. The largest absolute Gasteiger partial charge is 0.399 e. The fraction of sp³-hybridized carbons (Fsp3) is 0.122. The Morgan fingerprint density at radius 3 is 1.58 bits per heavy atom. The number of amides is 3. The number of carbonyl (C=O) groups is 3. The normalized spacial score (nSPS) is 14.9. The molecule has 27 heteroatoms. The van der Waals surface area contributed by atoms with Crippen molar-refractivity contribution in [3.8, 4) is 68.1 Å². The predicted octanol–water partition coefficient (Wildman–Crippen LogP) is 26.5. The number of aromatic amines is 6. The van der Waals surface area contributed by atoms with Gasteiger partial charge in [-0.2, -0.15) is 11.8 Å². The minimum atomic E-state index is -3.82. The summed E-state index contributed by atoms with van der Waals surface area (Å²) in [7, 11) is -3.82. The summed E-state index contributed by atoms with van der Waals surface area (Å²) in [5.41, 5.74) is 28.8. The van der Waals surface area contributed by atoms with Crippen LogP contribution in [-0.2, 0) is 10.0 Å². The molecule has 0 bridgehead atoms. The van der Waals surface area contributed by atoms with Crippen molar-refractivity contribution < 1.29 is 22.8 Å². The molecular formula is C115H92Br2N18O5S2. The molecule has 3 aliphatic heterocycles. The van der Waals surface area contributed by atoms with E-state index in [9.17, 15) is 22.8 Å². The average Bonchev–Trinajstić information content (AvgIpc) is 1.57. The number of imidazole rings is 4. The van der Waals surface area contributed by atoms with Crippen LogP contribution >= 0.6 is 43.6 Å². The molecule has 3 unspecified atom stereocenters. The molecule has 27 rings (SSSR count). The van der Waals surface area contributed by atoms with Gasteiger partial charge < -0.3 is 51.2 Å². The second-order valence-electron chi connectivity index (χ2n) is 36.6. The number of carbonyl (C=O) groups excluding carboxylic acids is 3. The van der Waals surface area contributed by atoms with Crippen molar-refractivity contribution in [2.75, 3.05) is 29.5 Å². The summed E-state index contributed by atoms with van der Waals surface area (Å²) in [6.45, 7) is 4.25. The van der Waals surface area contributed by atoms with Crippen molar-refractivity contribution >= 4 is 224 Å². The van der Waals surface area contributed by atoms with Gasteiger partial charge in [0.25, 0.3) is 15.9 Å². The number of anilines is 2. The van der Waals surface area contributed by atoms with Crippen LogP contribution in [0.5, 0.6) is 0 Å². The van der Waals surface area contributed by atoms with Crippen LogP contribution in [0.3, 0.4) is 0 Å². The van der Waals surface area contributed by atoms with Crippen LogP contribution in [0.15, 0.2) is 336 Å². The average molecular weight is 2030 g/mol. The number of aromatic nitrogens is 12. The van der Waals surface area contributed by atoms with Crippen molar-refractivity contribution in [3.05, 3.63) is 342 Å². The van der Waals surface area contributed by atoms with Gasteiger partial charge in [0.1, 0.15) is 23.3 Å². The van der Waals surface area contributed by atoms with Crippen molar-refractivity contribution in [2.45, 2.75) is 74.1 Å². The lowest BCUT2D eigenvalue weighted by Crippen LogP contribution is -2.36. The molecule has 16 aromatic carbocycles. The predicted molar refractivity (Wildman–Crippen MR) is 585 cm³/mol. The Morgan fingerprint density at radius 2 is 0.972 bits per heavy atom. The maximum Gasteiger partial charge on any atom is 0.315 e. The Kier molecular flexibility index (Phi) is 22.9. The number of nitrogens with one attached hydrogen (secondary N) is 9. The Hall–Kier alpha value is -15.9. The van der Waals surface area contributed by atoms with Crippen molar-refractivity contribution in [1.29, 1.82) is 0 Å². The van der Waals surface area contributed by atoms with E-state index in [-0.39, 0.29) is 34.8 Å². The zero-order valence-corrected chi connectivity index (χ0v) is 81.6. The molecule has 3 atom stereocenters. The van der Waals surface area contributed by atoms with Gasteiger partial charge in [0.15, 0.2) is 0 Å². The maximum atomic E-state index is 13.7. The molecule has 3 aliphatic rings. The number of thioether (sulfide) groups is 1. The van der Waals surface area contributed by atoms with Crippen LogP contribution in [0.25, 0.3) is 209 Å². The number of piperidine rings is 1. The van der Waals surface area contributed by atoms with Gasteiger partial charge in [-0.15, -0.1) is 0 Å².